The zero-order valence-electron chi connectivity index (χ0n) is 7.40. The molecular formula is C7H14F3NO2. The van der Waals surface area contributed by atoms with Crippen LogP contribution < -0.4 is 5.32 Å². The first-order chi connectivity index (χ1) is 5.92. The summed E-state index contributed by atoms with van der Waals surface area (Å²) in [5.41, 5.74) is 0. The van der Waals surface area contributed by atoms with Crippen molar-refractivity contribution in [2.45, 2.75) is 19.2 Å². The number of ether oxygens (including phenoxy) is 1. The molecule has 0 aromatic heterocycles. The Bertz CT molecular complexity index is 127. The van der Waals surface area contributed by atoms with Crippen molar-refractivity contribution in [3.8, 4) is 0 Å². The van der Waals surface area contributed by atoms with Crippen molar-refractivity contribution < 1.29 is 23.0 Å². The van der Waals surface area contributed by atoms with E-state index in [0.29, 0.717) is 13.1 Å². The van der Waals surface area contributed by atoms with E-state index in [-0.39, 0.29) is 6.61 Å². The summed E-state index contributed by atoms with van der Waals surface area (Å²) < 4.78 is 38.8. The topological polar surface area (TPSA) is 41.5 Å². The molecule has 0 aliphatic carbocycles. The molecular weight excluding hydrogens is 187 g/mol. The highest BCUT2D eigenvalue weighted by Gasteiger charge is 2.27. The number of rotatable bonds is 6. The molecule has 2 N–H and O–H groups in total. The predicted octanol–water partition coefficient (Wildman–Crippen LogP) is 0.536. The van der Waals surface area contributed by atoms with E-state index in [4.69, 9.17) is 5.11 Å². The Kier molecular flexibility index (Phi) is 6.02. The second-order valence-corrected chi connectivity index (χ2v) is 2.72. The molecule has 0 rings (SSSR count). The highest BCUT2D eigenvalue weighted by Crippen LogP contribution is 2.13. The van der Waals surface area contributed by atoms with Gasteiger partial charge < -0.3 is 15.2 Å². The van der Waals surface area contributed by atoms with Crippen LogP contribution in [0.15, 0.2) is 0 Å². The van der Waals surface area contributed by atoms with E-state index in [2.05, 4.69) is 10.1 Å². The summed E-state index contributed by atoms with van der Waals surface area (Å²) in [5, 5.41) is 11.5. The molecule has 0 saturated carbocycles. The minimum Gasteiger partial charge on any atom is -0.392 e. The van der Waals surface area contributed by atoms with Gasteiger partial charge in [-0.3, -0.25) is 0 Å². The van der Waals surface area contributed by atoms with E-state index in [1.54, 1.807) is 6.92 Å². The van der Waals surface area contributed by atoms with Crippen LogP contribution in [0.3, 0.4) is 0 Å². The fourth-order valence-corrected chi connectivity index (χ4v) is 0.643. The number of aliphatic hydroxyl groups is 1. The largest absolute Gasteiger partial charge is 0.411 e. The predicted molar refractivity (Wildman–Crippen MR) is 41.4 cm³/mol. The third kappa shape index (κ3) is 11.7. The van der Waals surface area contributed by atoms with E-state index in [0.717, 1.165) is 0 Å². The lowest BCUT2D eigenvalue weighted by molar-refractivity contribution is -0.173. The number of aliphatic hydroxyl groups excluding tert-OH is 1. The van der Waals surface area contributed by atoms with Crippen LogP contribution in [-0.4, -0.2) is 43.7 Å². The Balaban J connectivity index is 3.09. The summed E-state index contributed by atoms with van der Waals surface area (Å²) in [6.45, 7) is 1.02. The molecule has 80 valence electrons. The van der Waals surface area contributed by atoms with Gasteiger partial charge in [0, 0.05) is 13.1 Å². The van der Waals surface area contributed by atoms with Gasteiger partial charge >= 0.3 is 6.18 Å². The van der Waals surface area contributed by atoms with Gasteiger partial charge in [-0.2, -0.15) is 13.2 Å². The van der Waals surface area contributed by atoms with Crippen LogP contribution in [0, 0.1) is 0 Å². The fraction of sp³-hybridized carbons (Fsp3) is 1.00. The van der Waals surface area contributed by atoms with E-state index in [1.807, 2.05) is 0 Å². The number of alkyl halides is 3. The van der Waals surface area contributed by atoms with Crippen LogP contribution in [0.5, 0.6) is 0 Å². The fourth-order valence-electron chi connectivity index (χ4n) is 0.643. The first kappa shape index (κ1) is 12.7. The van der Waals surface area contributed by atoms with E-state index < -0.39 is 18.9 Å². The van der Waals surface area contributed by atoms with Crippen molar-refractivity contribution in [2.75, 3.05) is 26.3 Å². The Morgan fingerprint density at radius 3 is 2.54 bits per heavy atom. The van der Waals surface area contributed by atoms with Gasteiger partial charge in [0.1, 0.15) is 6.61 Å². The minimum atomic E-state index is -4.26. The first-order valence-corrected chi connectivity index (χ1v) is 3.95. The molecule has 0 bridgehead atoms. The monoisotopic (exact) mass is 201 g/mol. The van der Waals surface area contributed by atoms with Crippen LogP contribution in [0.1, 0.15) is 6.92 Å². The van der Waals surface area contributed by atoms with Crippen LogP contribution in [-0.2, 0) is 4.74 Å². The van der Waals surface area contributed by atoms with E-state index in [9.17, 15) is 13.2 Å². The van der Waals surface area contributed by atoms with Crippen molar-refractivity contribution >= 4 is 0 Å². The van der Waals surface area contributed by atoms with Crippen LogP contribution in [0.4, 0.5) is 13.2 Å². The molecule has 3 nitrogen and oxygen atoms in total. The zero-order chi connectivity index (χ0) is 10.3. The number of hydrogen-bond donors (Lipinski definition) is 2. The highest BCUT2D eigenvalue weighted by atomic mass is 19.4. The van der Waals surface area contributed by atoms with Crippen molar-refractivity contribution in [2.24, 2.45) is 0 Å². The molecule has 1 atom stereocenters. The molecule has 6 heteroatoms. The van der Waals surface area contributed by atoms with Gasteiger partial charge in [0.15, 0.2) is 0 Å². The summed E-state index contributed by atoms with van der Waals surface area (Å²) in [4.78, 5) is 0. The van der Waals surface area contributed by atoms with Gasteiger partial charge in [-0.15, -0.1) is 0 Å². The molecule has 0 fully saturated rings. The molecule has 0 aromatic carbocycles. The Labute approximate surface area is 74.9 Å². The van der Waals surface area contributed by atoms with Crippen LogP contribution in [0.2, 0.25) is 0 Å². The molecule has 0 spiro atoms. The zero-order valence-corrected chi connectivity index (χ0v) is 7.40. The van der Waals surface area contributed by atoms with Crippen molar-refractivity contribution in [3.05, 3.63) is 0 Å². The van der Waals surface area contributed by atoms with E-state index in [1.165, 1.54) is 0 Å². The lowest BCUT2D eigenvalue weighted by atomic mass is 10.4. The quantitative estimate of drug-likeness (QED) is 0.616. The second kappa shape index (κ2) is 6.17. The van der Waals surface area contributed by atoms with Crippen LogP contribution >= 0.6 is 0 Å². The Morgan fingerprint density at radius 2 is 2.08 bits per heavy atom. The third-order valence-corrected chi connectivity index (χ3v) is 1.13. The maximum absolute atomic E-state index is 11.5. The molecule has 0 saturated heterocycles. The van der Waals surface area contributed by atoms with E-state index >= 15 is 0 Å². The maximum Gasteiger partial charge on any atom is 0.411 e. The summed E-state index contributed by atoms with van der Waals surface area (Å²) >= 11 is 0. The van der Waals surface area contributed by atoms with Gasteiger partial charge in [-0.1, -0.05) is 0 Å². The van der Waals surface area contributed by atoms with Crippen molar-refractivity contribution in [3.63, 3.8) is 0 Å². The second-order valence-electron chi connectivity index (χ2n) is 2.72. The summed E-state index contributed by atoms with van der Waals surface area (Å²) in [6, 6.07) is 0. The van der Waals surface area contributed by atoms with Gasteiger partial charge in [0.2, 0.25) is 0 Å². The summed E-state index contributed by atoms with van der Waals surface area (Å²) in [5.74, 6) is 0. The molecule has 0 aliphatic rings. The Morgan fingerprint density at radius 1 is 1.46 bits per heavy atom. The standard InChI is InChI=1S/C7H14F3NO2/c1-6(12)4-11-2-3-13-5-7(8,9)10/h6,11-12H,2-5H2,1H3/t6-/m1/s1. The number of nitrogens with one attached hydrogen (secondary N) is 1. The number of halogens is 3. The van der Waals surface area contributed by atoms with Gasteiger partial charge in [-0.25, -0.2) is 0 Å². The molecule has 13 heavy (non-hydrogen) atoms. The summed E-state index contributed by atoms with van der Waals surface area (Å²) in [7, 11) is 0. The molecule has 0 radical (unpaired) electrons. The maximum atomic E-state index is 11.5. The minimum absolute atomic E-state index is 0.00771. The van der Waals surface area contributed by atoms with Gasteiger partial charge in [0.05, 0.1) is 12.7 Å². The van der Waals surface area contributed by atoms with Gasteiger partial charge in [0.25, 0.3) is 0 Å². The van der Waals surface area contributed by atoms with Crippen molar-refractivity contribution in [1.82, 2.24) is 5.32 Å². The molecule has 0 amide bonds. The molecule has 0 aliphatic heterocycles. The normalized spacial score (nSPS) is 14.5. The smallest absolute Gasteiger partial charge is 0.392 e. The highest BCUT2D eigenvalue weighted by molar-refractivity contribution is 4.52. The SMILES string of the molecule is C[C@@H](O)CNCCOCC(F)(F)F. The third-order valence-electron chi connectivity index (χ3n) is 1.13. The first-order valence-electron chi connectivity index (χ1n) is 3.95. The average Bonchev–Trinajstić information content (AvgIpc) is 1.93. The molecule has 0 heterocycles. The Hall–Kier alpha value is -0.330. The lowest BCUT2D eigenvalue weighted by Crippen LogP contribution is -2.29. The number of hydrogen-bond acceptors (Lipinski definition) is 3. The lowest BCUT2D eigenvalue weighted by Gasteiger charge is -2.09. The summed E-state index contributed by atoms with van der Waals surface area (Å²) in [6.07, 6.45) is -4.76. The molecule has 0 aromatic rings. The van der Waals surface area contributed by atoms with Crippen molar-refractivity contribution in [1.29, 1.82) is 0 Å². The van der Waals surface area contributed by atoms with Crippen LogP contribution in [0.25, 0.3) is 0 Å². The average molecular weight is 201 g/mol. The molecule has 0 unspecified atom stereocenters. The van der Waals surface area contributed by atoms with Gasteiger partial charge in [-0.05, 0) is 6.92 Å².